The Bertz CT molecular complexity index is 940. The van der Waals surface area contributed by atoms with Gasteiger partial charge in [-0.2, -0.15) is 0 Å². The fraction of sp³-hybridized carbons (Fsp3) is 0.760. The van der Waals surface area contributed by atoms with Gasteiger partial charge in [0.05, 0.1) is 12.7 Å². The first-order valence-electron chi connectivity index (χ1n) is 23.3. The molecule has 0 amide bonds. The molecular formula is C50H87NO2. The summed E-state index contributed by atoms with van der Waals surface area (Å²) in [6.45, 7) is 9.99. The van der Waals surface area contributed by atoms with Gasteiger partial charge < -0.3 is 9.47 Å². The lowest BCUT2D eigenvalue weighted by molar-refractivity contribution is -0.0269. The molecular weight excluding hydrogens is 647 g/mol. The maximum absolute atomic E-state index is 6.57. The van der Waals surface area contributed by atoms with Crippen molar-refractivity contribution in [1.29, 1.82) is 0 Å². The Kier molecular flexibility index (Phi) is 33.4. The number of ether oxygens (including phenoxy) is 2. The number of benzene rings is 2. The van der Waals surface area contributed by atoms with Gasteiger partial charge in [-0.3, -0.25) is 4.90 Å². The monoisotopic (exact) mass is 734 g/mol. The van der Waals surface area contributed by atoms with Crippen LogP contribution < -0.4 is 0 Å². The highest BCUT2D eigenvalue weighted by atomic mass is 16.5. The van der Waals surface area contributed by atoms with E-state index in [1.165, 1.54) is 191 Å². The minimum atomic E-state index is 0.165. The molecule has 304 valence electrons. The number of hydrogen-bond donors (Lipinski definition) is 0. The summed E-state index contributed by atoms with van der Waals surface area (Å²) in [5.41, 5.74) is 2.75. The zero-order chi connectivity index (χ0) is 37.5. The summed E-state index contributed by atoms with van der Waals surface area (Å²) in [7, 11) is 0. The van der Waals surface area contributed by atoms with E-state index in [2.05, 4.69) is 79.4 Å². The van der Waals surface area contributed by atoms with Gasteiger partial charge in [0.2, 0.25) is 0 Å². The SMILES string of the molecule is CCCCCCCCCCCCCCCCOCC(CCN(Cc1ccccc1)Cc1ccccc1)OCCCCCCCCCCCCCCCC. The quantitative estimate of drug-likeness (QED) is 0.0637. The van der Waals surface area contributed by atoms with Gasteiger partial charge in [-0.15, -0.1) is 0 Å². The van der Waals surface area contributed by atoms with Crippen LogP contribution in [0.15, 0.2) is 60.7 Å². The second-order valence-corrected chi connectivity index (χ2v) is 16.2. The van der Waals surface area contributed by atoms with Crippen LogP contribution in [-0.2, 0) is 22.6 Å². The largest absolute Gasteiger partial charge is 0.379 e. The molecule has 0 aromatic heterocycles. The number of nitrogens with zero attached hydrogens (tertiary/aromatic N) is 1. The molecule has 1 atom stereocenters. The van der Waals surface area contributed by atoms with Gasteiger partial charge in [0.1, 0.15) is 0 Å². The van der Waals surface area contributed by atoms with Crippen molar-refractivity contribution in [2.45, 2.75) is 219 Å². The van der Waals surface area contributed by atoms with Gasteiger partial charge in [-0.25, -0.2) is 0 Å². The molecule has 3 nitrogen and oxygen atoms in total. The molecule has 0 aliphatic carbocycles. The minimum Gasteiger partial charge on any atom is -0.379 e. The van der Waals surface area contributed by atoms with Gasteiger partial charge in [0, 0.05) is 32.8 Å². The van der Waals surface area contributed by atoms with Crippen LogP contribution in [-0.4, -0.2) is 37.4 Å². The van der Waals surface area contributed by atoms with E-state index < -0.39 is 0 Å². The molecule has 0 N–H and O–H groups in total. The summed E-state index contributed by atoms with van der Waals surface area (Å²) < 4.78 is 12.9. The van der Waals surface area contributed by atoms with Crippen LogP contribution in [0, 0.1) is 0 Å². The van der Waals surface area contributed by atoms with Crippen molar-refractivity contribution in [3.05, 3.63) is 71.8 Å². The Morgan fingerprint density at radius 1 is 0.415 bits per heavy atom. The first-order chi connectivity index (χ1) is 26.3. The molecule has 0 saturated heterocycles. The Labute approximate surface area is 330 Å². The molecule has 2 rings (SSSR count). The van der Waals surface area contributed by atoms with Crippen molar-refractivity contribution in [2.75, 3.05) is 26.4 Å². The highest BCUT2D eigenvalue weighted by molar-refractivity contribution is 5.17. The smallest absolute Gasteiger partial charge is 0.0820 e. The first kappa shape index (κ1) is 47.5. The Morgan fingerprint density at radius 2 is 0.755 bits per heavy atom. The van der Waals surface area contributed by atoms with Crippen LogP contribution in [0.1, 0.15) is 211 Å². The molecule has 0 saturated carbocycles. The average molecular weight is 734 g/mol. The van der Waals surface area contributed by atoms with Crippen molar-refractivity contribution < 1.29 is 9.47 Å². The molecule has 0 aliphatic heterocycles. The molecule has 53 heavy (non-hydrogen) atoms. The molecule has 0 fully saturated rings. The van der Waals surface area contributed by atoms with Gasteiger partial charge in [-0.1, -0.05) is 241 Å². The third-order valence-corrected chi connectivity index (χ3v) is 11.1. The lowest BCUT2D eigenvalue weighted by Crippen LogP contribution is -2.30. The highest BCUT2D eigenvalue weighted by Crippen LogP contribution is 2.16. The lowest BCUT2D eigenvalue weighted by atomic mass is 10.0. The Balaban J connectivity index is 1.65. The summed E-state index contributed by atoms with van der Waals surface area (Å²) in [5.74, 6) is 0. The molecule has 2 aromatic rings. The van der Waals surface area contributed by atoms with Crippen molar-refractivity contribution in [2.24, 2.45) is 0 Å². The Morgan fingerprint density at radius 3 is 1.13 bits per heavy atom. The predicted octanol–water partition coefficient (Wildman–Crippen LogP) is 15.4. The third-order valence-electron chi connectivity index (χ3n) is 11.1. The lowest BCUT2D eigenvalue weighted by Gasteiger charge is -2.26. The fourth-order valence-electron chi connectivity index (χ4n) is 7.60. The van der Waals surface area contributed by atoms with Gasteiger partial charge >= 0.3 is 0 Å². The topological polar surface area (TPSA) is 21.7 Å². The van der Waals surface area contributed by atoms with Crippen LogP contribution in [0.2, 0.25) is 0 Å². The zero-order valence-corrected chi connectivity index (χ0v) is 35.4. The van der Waals surface area contributed by atoms with Crippen molar-refractivity contribution in [3.8, 4) is 0 Å². The first-order valence-corrected chi connectivity index (χ1v) is 23.3. The van der Waals surface area contributed by atoms with Crippen molar-refractivity contribution >= 4 is 0 Å². The molecule has 1 unspecified atom stereocenters. The van der Waals surface area contributed by atoms with E-state index >= 15 is 0 Å². The fourth-order valence-corrected chi connectivity index (χ4v) is 7.60. The molecule has 2 aromatic carbocycles. The van der Waals surface area contributed by atoms with Crippen LogP contribution in [0.25, 0.3) is 0 Å². The average Bonchev–Trinajstić information content (AvgIpc) is 3.18. The van der Waals surface area contributed by atoms with E-state index in [1.807, 2.05) is 0 Å². The minimum absolute atomic E-state index is 0.165. The van der Waals surface area contributed by atoms with Crippen LogP contribution in [0.5, 0.6) is 0 Å². The molecule has 0 aliphatic rings. The van der Waals surface area contributed by atoms with E-state index in [9.17, 15) is 0 Å². The summed E-state index contributed by atoms with van der Waals surface area (Å²) in [6.07, 6.45) is 40.1. The third kappa shape index (κ3) is 30.3. The van der Waals surface area contributed by atoms with Gasteiger partial charge in [-0.05, 0) is 30.4 Å². The number of rotatable bonds is 40. The van der Waals surface area contributed by atoms with E-state index in [-0.39, 0.29) is 6.10 Å². The zero-order valence-electron chi connectivity index (χ0n) is 35.4. The van der Waals surface area contributed by atoms with Gasteiger partial charge in [0.15, 0.2) is 0 Å². The van der Waals surface area contributed by atoms with Crippen LogP contribution >= 0.6 is 0 Å². The molecule has 0 spiro atoms. The summed E-state index contributed by atoms with van der Waals surface area (Å²) in [4.78, 5) is 2.58. The second-order valence-electron chi connectivity index (χ2n) is 16.2. The summed E-state index contributed by atoms with van der Waals surface area (Å²) in [6, 6.07) is 21.9. The normalized spacial score (nSPS) is 12.2. The van der Waals surface area contributed by atoms with Crippen LogP contribution in [0.3, 0.4) is 0 Å². The maximum atomic E-state index is 6.57. The maximum Gasteiger partial charge on any atom is 0.0820 e. The summed E-state index contributed by atoms with van der Waals surface area (Å²) >= 11 is 0. The van der Waals surface area contributed by atoms with E-state index in [0.29, 0.717) is 0 Å². The number of unbranched alkanes of at least 4 members (excludes halogenated alkanes) is 26. The predicted molar refractivity (Wildman–Crippen MR) is 233 cm³/mol. The molecule has 3 heteroatoms. The van der Waals surface area contributed by atoms with E-state index in [1.54, 1.807) is 0 Å². The molecule has 0 heterocycles. The Hall–Kier alpha value is -1.68. The molecule has 0 radical (unpaired) electrons. The number of hydrogen-bond acceptors (Lipinski definition) is 3. The van der Waals surface area contributed by atoms with E-state index in [4.69, 9.17) is 9.47 Å². The second kappa shape index (κ2) is 37.3. The van der Waals surface area contributed by atoms with Crippen LogP contribution in [0.4, 0.5) is 0 Å². The van der Waals surface area contributed by atoms with Crippen molar-refractivity contribution in [3.63, 3.8) is 0 Å². The highest BCUT2D eigenvalue weighted by Gasteiger charge is 2.14. The molecule has 0 bridgehead atoms. The van der Waals surface area contributed by atoms with Gasteiger partial charge in [0.25, 0.3) is 0 Å². The van der Waals surface area contributed by atoms with E-state index in [0.717, 1.165) is 45.9 Å². The van der Waals surface area contributed by atoms with Crippen molar-refractivity contribution in [1.82, 2.24) is 4.90 Å². The summed E-state index contributed by atoms with van der Waals surface area (Å²) in [5, 5.41) is 0. The standard InChI is InChI=1S/C50H87NO2/c1-3-5-7-9-11-13-15-17-19-21-23-25-27-35-43-52-47-50(53-44-36-28-26-24-22-20-18-16-14-12-10-8-6-4-2)41-42-51(45-48-37-31-29-32-38-48)46-49-39-33-30-34-40-49/h29-34,37-40,50H,3-28,35-36,41-47H2,1-2H3.